The third kappa shape index (κ3) is 2.06. The Morgan fingerprint density at radius 2 is 2.06 bits per heavy atom. The average Bonchev–Trinajstić information content (AvgIpc) is 2.80. The molecule has 0 fully saturated rings. The Kier molecular flexibility index (Phi) is 3.19. The molecule has 0 aliphatic heterocycles. The number of methoxy groups -OCH3 is 1. The van der Waals surface area contributed by atoms with Crippen LogP contribution in [0.15, 0.2) is 29.6 Å². The van der Waals surface area contributed by atoms with Gasteiger partial charge in [-0.25, -0.2) is 8.78 Å². The molecule has 5 heteroatoms. The van der Waals surface area contributed by atoms with Gasteiger partial charge in [0, 0.05) is 0 Å². The summed E-state index contributed by atoms with van der Waals surface area (Å²) in [6, 6.07) is 5.12. The van der Waals surface area contributed by atoms with E-state index in [0.29, 0.717) is 5.75 Å². The molecule has 1 aromatic heterocycles. The molecular formula is C12H8F2O2S. The first-order valence-corrected chi connectivity index (χ1v) is 5.63. The lowest BCUT2D eigenvalue weighted by Gasteiger charge is -2.03. The van der Waals surface area contributed by atoms with E-state index in [0.717, 1.165) is 17.4 Å². The van der Waals surface area contributed by atoms with Crippen molar-refractivity contribution in [1.29, 1.82) is 0 Å². The SMILES string of the molecule is COc1ccsc1C(=O)c1cccc(F)c1F. The van der Waals surface area contributed by atoms with Crippen molar-refractivity contribution in [3.63, 3.8) is 0 Å². The van der Waals surface area contributed by atoms with Crippen LogP contribution in [0.1, 0.15) is 15.2 Å². The minimum absolute atomic E-state index is 0.261. The van der Waals surface area contributed by atoms with Crippen LogP contribution in [0, 0.1) is 11.6 Å². The summed E-state index contributed by atoms with van der Waals surface area (Å²) in [5.41, 5.74) is -0.286. The third-order valence-electron chi connectivity index (χ3n) is 2.25. The van der Waals surface area contributed by atoms with E-state index in [1.165, 1.54) is 19.2 Å². The second-order valence-electron chi connectivity index (χ2n) is 3.25. The summed E-state index contributed by atoms with van der Waals surface area (Å²) in [5.74, 6) is -2.38. The molecule has 0 spiro atoms. The van der Waals surface area contributed by atoms with Crippen LogP contribution in [-0.2, 0) is 0 Å². The molecule has 0 aliphatic carbocycles. The number of halogens is 2. The highest BCUT2D eigenvalue weighted by atomic mass is 32.1. The molecule has 0 saturated heterocycles. The first-order chi connectivity index (χ1) is 8.15. The molecule has 2 rings (SSSR count). The Morgan fingerprint density at radius 3 is 2.76 bits per heavy atom. The van der Waals surface area contributed by atoms with Gasteiger partial charge in [0.15, 0.2) is 11.6 Å². The van der Waals surface area contributed by atoms with E-state index in [2.05, 4.69) is 0 Å². The lowest BCUT2D eigenvalue weighted by Crippen LogP contribution is -2.05. The molecule has 0 unspecified atom stereocenters. The van der Waals surface area contributed by atoms with Crippen molar-refractivity contribution in [2.75, 3.05) is 7.11 Å². The fourth-order valence-corrected chi connectivity index (χ4v) is 2.24. The number of hydrogen-bond acceptors (Lipinski definition) is 3. The van der Waals surface area contributed by atoms with E-state index in [4.69, 9.17) is 4.74 Å². The zero-order chi connectivity index (χ0) is 12.4. The van der Waals surface area contributed by atoms with Gasteiger partial charge in [0.2, 0.25) is 5.78 Å². The topological polar surface area (TPSA) is 26.3 Å². The highest BCUT2D eigenvalue weighted by Gasteiger charge is 2.20. The number of ketones is 1. The molecule has 0 atom stereocenters. The fourth-order valence-electron chi connectivity index (χ4n) is 1.43. The van der Waals surface area contributed by atoms with Crippen LogP contribution in [0.25, 0.3) is 0 Å². The first-order valence-electron chi connectivity index (χ1n) is 4.75. The van der Waals surface area contributed by atoms with Crippen LogP contribution in [0.5, 0.6) is 5.75 Å². The maximum absolute atomic E-state index is 13.4. The van der Waals surface area contributed by atoms with Gasteiger partial charge in [-0.2, -0.15) is 0 Å². The number of carbonyl (C=O) groups excluding carboxylic acids is 1. The van der Waals surface area contributed by atoms with Gasteiger partial charge in [0.25, 0.3) is 0 Å². The largest absolute Gasteiger partial charge is 0.495 e. The molecule has 2 nitrogen and oxygen atoms in total. The molecule has 0 saturated carbocycles. The summed E-state index contributed by atoms with van der Waals surface area (Å²) in [5, 5.41) is 1.66. The Morgan fingerprint density at radius 1 is 1.29 bits per heavy atom. The molecule has 88 valence electrons. The zero-order valence-corrected chi connectivity index (χ0v) is 9.68. The molecule has 1 aromatic carbocycles. The van der Waals surface area contributed by atoms with Gasteiger partial charge in [-0.05, 0) is 23.6 Å². The summed E-state index contributed by atoms with van der Waals surface area (Å²) < 4.78 is 31.4. The van der Waals surface area contributed by atoms with Gasteiger partial charge >= 0.3 is 0 Å². The van der Waals surface area contributed by atoms with Crippen LogP contribution < -0.4 is 4.74 Å². The molecule has 0 radical (unpaired) electrons. The Bertz CT molecular complexity index is 563. The number of carbonyl (C=O) groups is 1. The predicted molar refractivity (Wildman–Crippen MR) is 60.7 cm³/mol. The third-order valence-corrected chi connectivity index (χ3v) is 3.15. The monoisotopic (exact) mass is 254 g/mol. The Balaban J connectivity index is 2.48. The number of thiophene rings is 1. The summed E-state index contributed by atoms with van der Waals surface area (Å²) in [7, 11) is 1.42. The second kappa shape index (κ2) is 4.63. The Hall–Kier alpha value is -1.75. The lowest BCUT2D eigenvalue weighted by atomic mass is 10.1. The highest BCUT2D eigenvalue weighted by molar-refractivity contribution is 7.12. The van der Waals surface area contributed by atoms with Crippen molar-refractivity contribution >= 4 is 17.1 Å². The van der Waals surface area contributed by atoms with Crippen molar-refractivity contribution in [2.45, 2.75) is 0 Å². The van der Waals surface area contributed by atoms with Crippen molar-refractivity contribution in [3.8, 4) is 5.75 Å². The smallest absolute Gasteiger partial charge is 0.209 e. The van der Waals surface area contributed by atoms with Crippen LogP contribution in [0.2, 0.25) is 0 Å². The zero-order valence-electron chi connectivity index (χ0n) is 8.87. The standard InChI is InChI=1S/C12H8F2O2S/c1-16-9-5-6-17-12(9)11(15)7-3-2-4-8(13)10(7)14/h2-6H,1H3. The maximum Gasteiger partial charge on any atom is 0.209 e. The lowest BCUT2D eigenvalue weighted by molar-refractivity contribution is 0.103. The number of hydrogen-bond donors (Lipinski definition) is 0. The van der Waals surface area contributed by atoms with Crippen molar-refractivity contribution in [2.24, 2.45) is 0 Å². The van der Waals surface area contributed by atoms with E-state index in [1.54, 1.807) is 11.4 Å². The van der Waals surface area contributed by atoms with Gasteiger partial charge < -0.3 is 4.74 Å². The van der Waals surface area contributed by atoms with Gasteiger partial charge in [-0.1, -0.05) is 6.07 Å². The number of rotatable bonds is 3. The van der Waals surface area contributed by atoms with Gasteiger partial charge in [0.05, 0.1) is 12.7 Å². The van der Waals surface area contributed by atoms with Crippen LogP contribution in [0.3, 0.4) is 0 Å². The maximum atomic E-state index is 13.4. The van der Waals surface area contributed by atoms with Crippen LogP contribution in [-0.4, -0.2) is 12.9 Å². The van der Waals surface area contributed by atoms with Crippen molar-refractivity contribution < 1.29 is 18.3 Å². The quantitative estimate of drug-likeness (QED) is 0.786. The van der Waals surface area contributed by atoms with Gasteiger partial charge in [-0.15, -0.1) is 11.3 Å². The molecular weight excluding hydrogens is 246 g/mol. The van der Waals surface area contributed by atoms with E-state index in [9.17, 15) is 13.6 Å². The van der Waals surface area contributed by atoms with E-state index < -0.39 is 17.4 Å². The van der Waals surface area contributed by atoms with Crippen molar-refractivity contribution in [3.05, 3.63) is 51.7 Å². The van der Waals surface area contributed by atoms with Gasteiger partial charge in [0.1, 0.15) is 10.6 Å². The summed E-state index contributed by atoms with van der Waals surface area (Å²) >= 11 is 1.13. The summed E-state index contributed by atoms with van der Waals surface area (Å²) in [6.07, 6.45) is 0. The van der Waals surface area contributed by atoms with E-state index in [-0.39, 0.29) is 10.4 Å². The molecule has 0 amide bonds. The Labute approximate surface area is 100 Å². The minimum atomic E-state index is -1.13. The first kappa shape index (κ1) is 11.7. The summed E-state index contributed by atoms with van der Waals surface area (Å²) in [4.78, 5) is 12.2. The second-order valence-corrected chi connectivity index (χ2v) is 4.16. The predicted octanol–water partition coefficient (Wildman–Crippen LogP) is 3.27. The number of ether oxygens (including phenoxy) is 1. The normalized spacial score (nSPS) is 10.3. The summed E-state index contributed by atoms with van der Waals surface area (Å²) in [6.45, 7) is 0. The molecule has 0 aliphatic rings. The van der Waals surface area contributed by atoms with Crippen molar-refractivity contribution in [1.82, 2.24) is 0 Å². The molecule has 17 heavy (non-hydrogen) atoms. The van der Waals surface area contributed by atoms with Crippen LogP contribution >= 0.6 is 11.3 Å². The van der Waals surface area contributed by atoms with Gasteiger partial charge in [-0.3, -0.25) is 4.79 Å². The average molecular weight is 254 g/mol. The number of benzene rings is 1. The molecule has 0 bridgehead atoms. The van der Waals surface area contributed by atoms with Crippen LogP contribution in [0.4, 0.5) is 8.78 Å². The molecule has 1 heterocycles. The van der Waals surface area contributed by atoms with E-state index >= 15 is 0 Å². The molecule has 2 aromatic rings. The van der Waals surface area contributed by atoms with E-state index in [1.807, 2.05) is 0 Å². The highest BCUT2D eigenvalue weighted by Crippen LogP contribution is 2.28. The minimum Gasteiger partial charge on any atom is -0.495 e. The fraction of sp³-hybridized carbons (Fsp3) is 0.0833. The molecule has 0 N–H and O–H groups in total.